The first-order valence-electron chi connectivity index (χ1n) is 13.0. The van der Waals surface area contributed by atoms with Crippen LogP contribution in [-0.4, -0.2) is 22.1 Å². The Balaban J connectivity index is 1.41. The molecule has 0 aromatic rings. The standard InChI is InChI=1S/C27H41O2P/c1-4-24(29-25(28)17(2)3)30(26-11-18-5-19(12-26)7-20(6-18)13-26)27-14-21-8-22(15-27)10-23(9-21)16-27/h18-24H,2,4-16H2,1,3H3. The van der Waals surface area contributed by atoms with E-state index in [9.17, 15) is 4.79 Å². The lowest BCUT2D eigenvalue weighted by molar-refractivity contribution is -0.140. The van der Waals surface area contributed by atoms with E-state index in [1.54, 1.807) is 0 Å². The van der Waals surface area contributed by atoms with Gasteiger partial charge in [0.25, 0.3) is 0 Å². The Bertz CT molecular complexity index is 625. The van der Waals surface area contributed by atoms with Crippen molar-refractivity contribution in [3.05, 3.63) is 12.2 Å². The summed E-state index contributed by atoms with van der Waals surface area (Å²) in [5.74, 6) is 5.90. The lowest BCUT2D eigenvalue weighted by Gasteiger charge is -2.68. The van der Waals surface area contributed by atoms with Gasteiger partial charge in [-0.1, -0.05) is 21.4 Å². The predicted octanol–water partition coefficient (Wildman–Crippen LogP) is 7.26. The fourth-order valence-corrected chi connectivity index (χ4v) is 15.9. The third-order valence-electron chi connectivity index (χ3n) is 10.3. The smallest absolute Gasteiger partial charge is 0.333 e. The summed E-state index contributed by atoms with van der Waals surface area (Å²) < 4.78 is 6.39. The summed E-state index contributed by atoms with van der Waals surface area (Å²) in [6, 6.07) is 0. The molecule has 0 heterocycles. The van der Waals surface area contributed by atoms with E-state index in [1.807, 2.05) is 6.92 Å². The van der Waals surface area contributed by atoms with Crippen LogP contribution < -0.4 is 0 Å². The Hall–Kier alpha value is -0.360. The van der Waals surface area contributed by atoms with Crippen molar-refractivity contribution in [1.29, 1.82) is 0 Å². The van der Waals surface area contributed by atoms with Crippen molar-refractivity contribution in [1.82, 2.24) is 0 Å². The van der Waals surface area contributed by atoms with E-state index in [0.717, 1.165) is 41.9 Å². The molecular formula is C27H41O2P. The zero-order valence-corrected chi connectivity index (χ0v) is 20.1. The van der Waals surface area contributed by atoms with Gasteiger partial charge in [0.05, 0.1) is 0 Å². The normalized spacial score (nSPS) is 49.8. The highest BCUT2D eigenvalue weighted by atomic mass is 31.1. The van der Waals surface area contributed by atoms with Crippen LogP contribution in [-0.2, 0) is 9.53 Å². The van der Waals surface area contributed by atoms with Crippen molar-refractivity contribution in [2.45, 2.75) is 113 Å². The first-order valence-corrected chi connectivity index (χ1v) is 14.4. The summed E-state index contributed by atoms with van der Waals surface area (Å²) in [7, 11) is -0.314. The van der Waals surface area contributed by atoms with Crippen molar-refractivity contribution in [2.75, 3.05) is 0 Å². The highest BCUT2D eigenvalue weighted by Crippen LogP contribution is 2.80. The first-order chi connectivity index (χ1) is 14.4. The Morgan fingerprint density at radius 1 is 0.833 bits per heavy atom. The van der Waals surface area contributed by atoms with Gasteiger partial charge in [0.15, 0.2) is 0 Å². The molecular weight excluding hydrogens is 387 g/mol. The van der Waals surface area contributed by atoms with Crippen LogP contribution in [0.2, 0.25) is 0 Å². The third-order valence-corrected chi connectivity index (χ3v) is 14.4. The highest BCUT2D eigenvalue weighted by molar-refractivity contribution is 7.61. The first kappa shape index (κ1) is 20.3. The van der Waals surface area contributed by atoms with E-state index in [2.05, 4.69) is 13.5 Å². The number of ether oxygens (including phenoxy) is 1. The van der Waals surface area contributed by atoms with Crippen molar-refractivity contribution >= 4 is 13.9 Å². The van der Waals surface area contributed by atoms with Crippen LogP contribution >= 0.6 is 7.92 Å². The molecule has 8 aliphatic carbocycles. The van der Waals surface area contributed by atoms with Gasteiger partial charge in [-0.05, 0) is 136 Å². The molecule has 166 valence electrons. The van der Waals surface area contributed by atoms with Gasteiger partial charge in [-0.15, -0.1) is 0 Å². The van der Waals surface area contributed by atoms with Crippen LogP contribution in [0, 0.1) is 35.5 Å². The molecule has 3 heteroatoms. The van der Waals surface area contributed by atoms with E-state index >= 15 is 0 Å². The summed E-state index contributed by atoms with van der Waals surface area (Å²) >= 11 is 0. The molecule has 30 heavy (non-hydrogen) atoms. The monoisotopic (exact) mass is 428 g/mol. The van der Waals surface area contributed by atoms with Gasteiger partial charge in [-0.25, -0.2) is 4.79 Å². The number of carbonyl (C=O) groups is 1. The molecule has 0 saturated heterocycles. The fourth-order valence-electron chi connectivity index (χ4n) is 10.4. The second-order valence-electron chi connectivity index (χ2n) is 12.7. The molecule has 0 amide bonds. The lowest BCUT2D eigenvalue weighted by Crippen LogP contribution is -2.58. The van der Waals surface area contributed by atoms with Crippen molar-refractivity contribution in [2.24, 2.45) is 35.5 Å². The van der Waals surface area contributed by atoms with Crippen molar-refractivity contribution in [3.8, 4) is 0 Å². The maximum atomic E-state index is 12.8. The van der Waals surface area contributed by atoms with E-state index in [0.29, 0.717) is 15.9 Å². The minimum absolute atomic E-state index is 0.121. The Labute approximate surface area is 184 Å². The zero-order valence-electron chi connectivity index (χ0n) is 19.2. The Morgan fingerprint density at radius 3 is 1.43 bits per heavy atom. The van der Waals surface area contributed by atoms with Gasteiger partial charge >= 0.3 is 5.97 Å². The van der Waals surface area contributed by atoms with Crippen molar-refractivity contribution < 1.29 is 9.53 Å². The molecule has 0 N–H and O–H groups in total. The van der Waals surface area contributed by atoms with E-state index < -0.39 is 0 Å². The molecule has 0 aromatic heterocycles. The molecule has 8 saturated carbocycles. The Kier molecular flexibility index (Phi) is 4.77. The van der Waals surface area contributed by atoms with Crippen LogP contribution in [0.25, 0.3) is 0 Å². The number of rotatable bonds is 6. The van der Waals surface area contributed by atoms with Crippen LogP contribution in [0.15, 0.2) is 12.2 Å². The van der Waals surface area contributed by atoms with Crippen LogP contribution in [0.3, 0.4) is 0 Å². The minimum Gasteiger partial charge on any atom is -0.454 e. The molecule has 0 aromatic carbocycles. The number of esters is 1. The minimum atomic E-state index is -0.314. The van der Waals surface area contributed by atoms with Crippen molar-refractivity contribution in [3.63, 3.8) is 0 Å². The van der Waals surface area contributed by atoms with E-state index in [-0.39, 0.29) is 19.7 Å². The maximum absolute atomic E-state index is 12.8. The molecule has 0 radical (unpaired) electrons. The predicted molar refractivity (Wildman–Crippen MR) is 124 cm³/mol. The SMILES string of the molecule is C=C(C)C(=O)OC(CC)P(C12CC3CC(CC(C3)C1)C2)C12CC3CC(CC(C3)C1)C2. The second-order valence-corrected chi connectivity index (χ2v) is 15.9. The average Bonchev–Trinajstić information content (AvgIpc) is 2.64. The molecule has 8 fully saturated rings. The molecule has 1 unspecified atom stereocenters. The Morgan fingerprint density at radius 2 is 1.17 bits per heavy atom. The average molecular weight is 429 g/mol. The molecule has 0 spiro atoms. The van der Waals surface area contributed by atoms with Gasteiger partial charge in [0.1, 0.15) is 5.85 Å². The van der Waals surface area contributed by atoms with Gasteiger partial charge in [-0.3, -0.25) is 0 Å². The summed E-state index contributed by atoms with van der Waals surface area (Å²) in [4.78, 5) is 12.8. The van der Waals surface area contributed by atoms with Crippen LogP contribution in [0.4, 0.5) is 0 Å². The highest BCUT2D eigenvalue weighted by Gasteiger charge is 2.64. The van der Waals surface area contributed by atoms with Gasteiger partial charge in [0.2, 0.25) is 0 Å². The topological polar surface area (TPSA) is 26.3 Å². The molecule has 8 rings (SSSR count). The quantitative estimate of drug-likeness (QED) is 0.253. The largest absolute Gasteiger partial charge is 0.454 e. The molecule has 0 aliphatic heterocycles. The summed E-state index contributed by atoms with van der Waals surface area (Å²) in [6.07, 6.45) is 18.8. The van der Waals surface area contributed by atoms with Crippen LogP contribution in [0.1, 0.15) is 97.3 Å². The zero-order chi connectivity index (χ0) is 20.7. The summed E-state index contributed by atoms with van der Waals surface area (Å²) in [6.45, 7) is 8.04. The van der Waals surface area contributed by atoms with Gasteiger partial charge in [-0.2, -0.15) is 0 Å². The molecule has 2 nitrogen and oxygen atoms in total. The number of hydrogen-bond donors (Lipinski definition) is 0. The molecule has 8 aliphatic rings. The number of hydrogen-bond acceptors (Lipinski definition) is 2. The van der Waals surface area contributed by atoms with Gasteiger partial charge in [0, 0.05) is 5.57 Å². The third kappa shape index (κ3) is 3.09. The second kappa shape index (κ2) is 7.07. The fraction of sp³-hybridized carbons (Fsp3) is 0.889. The van der Waals surface area contributed by atoms with Crippen LogP contribution in [0.5, 0.6) is 0 Å². The molecule has 8 bridgehead atoms. The molecule has 1 atom stereocenters. The van der Waals surface area contributed by atoms with Gasteiger partial charge < -0.3 is 4.74 Å². The lowest BCUT2D eigenvalue weighted by atomic mass is 9.55. The summed E-state index contributed by atoms with van der Waals surface area (Å²) in [5.41, 5.74) is 0.583. The van der Waals surface area contributed by atoms with E-state index in [1.165, 1.54) is 77.0 Å². The maximum Gasteiger partial charge on any atom is 0.333 e. The summed E-state index contributed by atoms with van der Waals surface area (Å²) in [5, 5.41) is 1.04. The van der Waals surface area contributed by atoms with E-state index in [4.69, 9.17) is 4.74 Å². The number of carbonyl (C=O) groups excluding carboxylic acids is 1.